The maximum absolute atomic E-state index is 6.09. The van der Waals surface area contributed by atoms with Crippen molar-refractivity contribution in [2.75, 3.05) is 26.4 Å². The van der Waals surface area contributed by atoms with E-state index in [-0.39, 0.29) is 5.60 Å². The summed E-state index contributed by atoms with van der Waals surface area (Å²) in [5.74, 6) is 0.634. The molecule has 2 heterocycles. The number of rotatable bonds is 5. The van der Waals surface area contributed by atoms with Gasteiger partial charge in [-0.2, -0.15) is 0 Å². The predicted octanol–water partition coefficient (Wildman–Crippen LogP) is 3.31. The fourth-order valence-electron chi connectivity index (χ4n) is 3.73. The van der Waals surface area contributed by atoms with Gasteiger partial charge in [-0.05, 0) is 37.3 Å². The summed E-state index contributed by atoms with van der Waals surface area (Å²) in [6.07, 6.45) is 4.47. The molecule has 21 heavy (non-hydrogen) atoms. The van der Waals surface area contributed by atoms with Crippen LogP contribution >= 0.6 is 0 Å². The first-order valence-corrected chi connectivity index (χ1v) is 8.33. The van der Waals surface area contributed by atoms with Crippen LogP contribution in [-0.2, 0) is 9.47 Å². The van der Waals surface area contributed by atoms with Gasteiger partial charge >= 0.3 is 0 Å². The minimum Gasteiger partial charge on any atom is -0.378 e. The zero-order chi connectivity index (χ0) is 14.5. The van der Waals surface area contributed by atoms with Gasteiger partial charge in [0.2, 0.25) is 0 Å². The summed E-state index contributed by atoms with van der Waals surface area (Å²) in [6, 6.07) is 11.3. The highest BCUT2D eigenvalue weighted by atomic mass is 16.6. The molecule has 3 heteroatoms. The van der Waals surface area contributed by atoms with E-state index in [1.54, 1.807) is 0 Å². The second-order valence-electron chi connectivity index (χ2n) is 6.43. The lowest BCUT2D eigenvalue weighted by Crippen LogP contribution is -2.44. The van der Waals surface area contributed by atoms with E-state index in [1.807, 2.05) is 0 Å². The van der Waals surface area contributed by atoms with Crippen LogP contribution in [0.15, 0.2) is 30.3 Å². The molecule has 3 atom stereocenters. The van der Waals surface area contributed by atoms with Crippen molar-refractivity contribution in [3.8, 4) is 0 Å². The van der Waals surface area contributed by atoms with Crippen LogP contribution < -0.4 is 5.32 Å². The average Bonchev–Trinajstić information content (AvgIpc) is 2.97. The molecule has 1 aromatic rings. The van der Waals surface area contributed by atoms with Crippen LogP contribution in [0, 0.1) is 5.92 Å². The lowest BCUT2D eigenvalue weighted by Gasteiger charge is -2.41. The highest BCUT2D eigenvalue weighted by Crippen LogP contribution is 2.40. The minimum atomic E-state index is -0.0101. The predicted molar refractivity (Wildman–Crippen MR) is 84.3 cm³/mol. The molecule has 0 amide bonds. The monoisotopic (exact) mass is 289 g/mol. The third-order valence-corrected chi connectivity index (χ3v) is 4.84. The minimum absolute atomic E-state index is 0.0101. The van der Waals surface area contributed by atoms with Crippen molar-refractivity contribution in [1.29, 1.82) is 0 Å². The van der Waals surface area contributed by atoms with Gasteiger partial charge in [-0.3, -0.25) is 0 Å². The summed E-state index contributed by atoms with van der Waals surface area (Å²) < 4.78 is 11.7. The number of hydrogen-bond acceptors (Lipinski definition) is 3. The molecule has 3 unspecified atom stereocenters. The van der Waals surface area contributed by atoms with Gasteiger partial charge in [-0.1, -0.05) is 37.3 Å². The third kappa shape index (κ3) is 3.47. The summed E-state index contributed by atoms with van der Waals surface area (Å²) in [4.78, 5) is 0. The Balaban J connectivity index is 1.75. The molecule has 0 aromatic heterocycles. The maximum Gasteiger partial charge on any atom is 0.0940 e. The molecule has 3 nitrogen and oxygen atoms in total. The van der Waals surface area contributed by atoms with Crippen LogP contribution in [-0.4, -0.2) is 32.0 Å². The quantitative estimate of drug-likeness (QED) is 0.902. The SMILES string of the molecule is CCCNC(c1ccccc1)C1CCOC2(CCOC2)C1. The van der Waals surface area contributed by atoms with Crippen molar-refractivity contribution in [1.82, 2.24) is 5.32 Å². The van der Waals surface area contributed by atoms with Crippen molar-refractivity contribution in [2.45, 2.75) is 44.2 Å². The van der Waals surface area contributed by atoms with Gasteiger partial charge in [-0.25, -0.2) is 0 Å². The van der Waals surface area contributed by atoms with E-state index in [0.29, 0.717) is 12.0 Å². The molecule has 1 N–H and O–H groups in total. The molecule has 0 radical (unpaired) electrons. The van der Waals surface area contributed by atoms with E-state index < -0.39 is 0 Å². The fraction of sp³-hybridized carbons (Fsp3) is 0.667. The summed E-state index contributed by atoms with van der Waals surface area (Å²) in [5.41, 5.74) is 1.40. The van der Waals surface area contributed by atoms with Crippen molar-refractivity contribution in [2.24, 2.45) is 5.92 Å². The number of benzene rings is 1. The highest BCUT2D eigenvalue weighted by molar-refractivity contribution is 5.20. The normalized spacial score (nSPS) is 30.6. The lowest BCUT2D eigenvalue weighted by atomic mass is 9.79. The Kier molecular flexibility index (Phi) is 4.94. The van der Waals surface area contributed by atoms with Gasteiger partial charge in [-0.15, -0.1) is 0 Å². The maximum atomic E-state index is 6.09. The first-order valence-electron chi connectivity index (χ1n) is 8.33. The standard InChI is InChI=1S/C18H27NO2/c1-2-10-19-17(15-6-4-3-5-7-15)16-8-11-21-18(13-16)9-12-20-14-18/h3-7,16-17,19H,2,8-14H2,1H3. The second kappa shape index (κ2) is 6.91. The average molecular weight is 289 g/mol. The van der Waals surface area contributed by atoms with Gasteiger partial charge in [0.05, 0.1) is 12.2 Å². The molecule has 2 fully saturated rings. The Hall–Kier alpha value is -0.900. The van der Waals surface area contributed by atoms with Crippen LogP contribution in [0.1, 0.15) is 44.2 Å². The van der Waals surface area contributed by atoms with E-state index in [2.05, 4.69) is 42.6 Å². The van der Waals surface area contributed by atoms with E-state index in [4.69, 9.17) is 9.47 Å². The summed E-state index contributed by atoms with van der Waals surface area (Å²) >= 11 is 0. The van der Waals surface area contributed by atoms with Crippen molar-refractivity contribution in [3.63, 3.8) is 0 Å². The topological polar surface area (TPSA) is 30.5 Å². The Morgan fingerprint density at radius 3 is 2.86 bits per heavy atom. The number of hydrogen-bond donors (Lipinski definition) is 1. The second-order valence-corrected chi connectivity index (χ2v) is 6.43. The third-order valence-electron chi connectivity index (χ3n) is 4.84. The molecule has 1 spiro atoms. The van der Waals surface area contributed by atoms with Crippen molar-refractivity contribution < 1.29 is 9.47 Å². The number of nitrogens with one attached hydrogen (secondary N) is 1. The Labute approximate surface area is 128 Å². The van der Waals surface area contributed by atoms with Crippen molar-refractivity contribution in [3.05, 3.63) is 35.9 Å². The van der Waals surface area contributed by atoms with Crippen molar-refractivity contribution >= 4 is 0 Å². The van der Waals surface area contributed by atoms with Crippen LogP contribution in [0.2, 0.25) is 0 Å². The molecule has 0 aliphatic carbocycles. The molecular weight excluding hydrogens is 262 g/mol. The smallest absolute Gasteiger partial charge is 0.0940 e. The molecule has 0 bridgehead atoms. The molecule has 0 saturated carbocycles. The Morgan fingerprint density at radius 2 is 2.14 bits per heavy atom. The molecular formula is C18H27NO2. The molecule has 2 aliphatic heterocycles. The van der Waals surface area contributed by atoms with Gasteiger partial charge in [0, 0.05) is 25.7 Å². The summed E-state index contributed by atoms with van der Waals surface area (Å²) in [6.45, 7) is 5.79. The van der Waals surface area contributed by atoms with Crippen LogP contribution in [0.25, 0.3) is 0 Å². The fourth-order valence-corrected chi connectivity index (χ4v) is 3.73. The lowest BCUT2D eigenvalue weighted by molar-refractivity contribution is -0.103. The molecule has 3 rings (SSSR count). The van der Waals surface area contributed by atoms with Crippen LogP contribution in [0.3, 0.4) is 0 Å². The first-order chi connectivity index (χ1) is 10.3. The molecule has 2 aliphatic rings. The van der Waals surface area contributed by atoms with E-state index in [9.17, 15) is 0 Å². The van der Waals surface area contributed by atoms with E-state index in [0.717, 1.165) is 45.6 Å². The first kappa shape index (κ1) is 15.0. The van der Waals surface area contributed by atoms with Gasteiger partial charge in [0.1, 0.15) is 0 Å². The van der Waals surface area contributed by atoms with E-state index in [1.165, 1.54) is 12.0 Å². The zero-order valence-corrected chi connectivity index (χ0v) is 13.0. The Bertz CT molecular complexity index is 428. The summed E-state index contributed by atoms with van der Waals surface area (Å²) in [7, 11) is 0. The Morgan fingerprint density at radius 1 is 1.29 bits per heavy atom. The van der Waals surface area contributed by atoms with Crippen LogP contribution in [0.4, 0.5) is 0 Å². The van der Waals surface area contributed by atoms with E-state index >= 15 is 0 Å². The largest absolute Gasteiger partial charge is 0.378 e. The van der Waals surface area contributed by atoms with Gasteiger partial charge < -0.3 is 14.8 Å². The summed E-state index contributed by atoms with van der Waals surface area (Å²) in [5, 5.41) is 3.77. The number of ether oxygens (including phenoxy) is 2. The highest BCUT2D eigenvalue weighted by Gasteiger charge is 2.43. The molecule has 116 valence electrons. The van der Waals surface area contributed by atoms with Gasteiger partial charge in [0.15, 0.2) is 0 Å². The molecule has 2 saturated heterocycles. The molecule has 1 aromatic carbocycles. The zero-order valence-electron chi connectivity index (χ0n) is 13.0. The van der Waals surface area contributed by atoms with Crippen LogP contribution in [0.5, 0.6) is 0 Å². The van der Waals surface area contributed by atoms with Gasteiger partial charge in [0.25, 0.3) is 0 Å².